The molecule has 0 radical (unpaired) electrons. The number of hydrogen-bond donors (Lipinski definition) is 0. The van der Waals surface area contributed by atoms with Crippen LogP contribution in [0, 0.1) is 5.92 Å². The molecular weight excluding hydrogens is 378 g/mol. The lowest BCUT2D eigenvalue weighted by Crippen LogP contribution is -2.48. The Labute approximate surface area is 178 Å². The summed E-state index contributed by atoms with van der Waals surface area (Å²) in [7, 11) is 0. The van der Waals surface area contributed by atoms with Gasteiger partial charge in [0.15, 0.2) is 0 Å². The summed E-state index contributed by atoms with van der Waals surface area (Å²) >= 11 is 0. The molecule has 1 aliphatic carbocycles. The Balaban J connectivity index is 1.14. The van der Waals surface area contributed by atoms with Crippen LogP contribution in [0.5, 0.6) is 0 Å². The molecule has 3 heterocycles. The molecule has 2 fully saturated rings. The summed E-state index contributed by atoms with van der Waals surface area (Å²) < 4.78 is 8.12. The Kier molecular flexibility index (Phi) is 5.82. The molecule has 1 amide bonds. The van der Waals surface area contributed by atoms with Gasteiger partial charge in [0.05, 0.1) is 18.8 Å². The highest BCUT2D eigenvalue weighted by molar-refractivity contribution is 5.76. The van der Waals surface area contributed by atoms with Crippen LogP contribution in [0.4, 0.5) is 0 Å². The van der Waals surface area contributed by atoms with Gasteiger partial charge in [0.2, 0.25) is 5.91 Å². The lowest BCUT2D eigenvalue weighted by atomic mass is 10.0. The van der Waals surface area contributed by atoms with Crippen LogP contribution in [0.1, 0.15) is 55.2 Å². The fourth-order valence-corrected chi connectivity index (χ4v) is 5.01. The molecule has 0 unspecified atom stereocenters. The Morgan fingerprint density at radius 2 is 1.83 bits per heavy atom. The molecule has 30 heavy (non-hydrogen) atoms. The maximum Gasteiger partial charge on any atom is 0.222 e. The SMILES string of the molecule is O=C(CC1CCCC1)N1CCN(Cc2nnn3c2CO[C@H](c2ccccc2)C3)CC1. The van der Waals surface area contributed by atoms with Gasteiger partial charge in [-0.05, 0) is 24.3 Å². The van der Waals surface area contributed by atoms with Gasteiger partial charge < -0.3 is 9.64 Å². The van der Waals surface area contributed by atoms with Crippen LogP contribution in [-0.4, -0.2) is 56.9 Å². The lowest BCUT2D eigenvalue weighted by molar-refractivity contribution is -0.134. The van der Waals surface area contributed by atoms with Crippen molar-refractivity contribution in [1.82, 2.24) is 24.8 Å². The van der Waals surface area contributed by atoms with Crippen molar-refractivity contribution in [1.29, 1.82) is 0 Å². The average molecular weight is 410 g/mol. The van der Waals surface area contributed by atoms with Crippen molar-refractivity contribution in [3.63, 3.8) is 0 Å². The topological polar surface area (TPSA) is 63.5 Å². The zero-order chi connectivity index (χ0) is 20.3. The van der Waals surface area contributed by atoms with E-state index in [1.54, 1.807) is 0 Å². The van der Waals surface area contributed by atoms with Crippen molar-refractivity contribution in [2.75, 3.05) is 26.2 Å². The van der Waals surface area contributed by atoms with Gasteiger partial charge in [0, 0.05) is 39.1 Å². The number of carbonyl (C=O) groups is 1. The quantitative estimate of drug-likeness (QED) is 0.760. The molecule has 160 valence electrons. The van der Waals surface area contributed by atoms with E-state index < -0.39 is 0 Å². The smallest absolute Gasteiger partial charge is 0.222 e. The normalized spacial score (nSPS) is 22.9. The third-order valence-electron chi connectivity index (χ3n) is 6.89. The second kappa shape index (κ2) is 8.86. The number of fused-ring (bicyclic) bond motifs is 1. The van der Waals surface area contributed by atoms with Gasteiger partial charge in [-0.1, -0.05) is 48.4 Å². The van der Waals surface area contributed by atoms with E-state index in [1.165, 1.54) is 31.2 Å². The van der Waals surface area contributed by atoms with Crippen LogP contribution in [0.25, 0.3) is 0 Å². The van der Waals surface area contributed by atoms with E-state index in [0.717, 1.165) is 50.5 Å². The first-order valence-corrected chi connectivity index (χ1v) is 11.3. The monoisotopic (exact) mass is 409 g/mol. The number of benzene rings is 1. The summed E-state index contributed by atoms with van der Waals surface area (Å²) in [6.45, 7) is 5.46. The van der Waals surface area contributed by atoms with E-state index in [9.17, 15) is 4.79 Å². The summed E-state index contributed by atoms with van der Waals surface area (Å²) in [5.74, 6) is 0.973. The number of amides is 1. The largest absolute Gasteiger partial charge is 0.365 e. The summed E-state index contributed by atoms with van der Waals surface area (Å²) in [5.41, 5.74) is 3.27. The van der Waals surface area contributed by atoms with E-state index in [-0.39, 0.29) is 6.10 Å². The predicted molar refractivity (Wildman–Crippen MR) is 112 cm³/mol. The third kappa shape index (κ3) is 4.27. The molecule has 0 bridgehead atoms. The van der Waals surface area contributed by atoms with E-state index in [0.29, 0.717) is 25.0 Å². The number of carbonyl (C=O) groups excluding carboxylic acids is 1. The fraction of sp³-hybridized carbons (Fsp3) is 0.609. The molecule has 0 spiro atoms. The minimum Gasteiger partial charge on any atom is -0.365 e. The first-order valence-electron chi connectivity index (χ1n) is 11.3. The number of nitrogens with zero attached hydrogens (tertiary/aromatic N) is 5. The second-order valence-electron chi connectivity index (χ2n) is 8.89. The highest BCUT2D eigenvalue weighted by atomic mass is 16.5. The molecule has 1 aromatic carbocycles. The second-order valence-corrected chi connectivity index (χ2v) is 8.89. The van der Waals surface area contributed by atoms with Crippen molar-refractivity contribution in [3.8, 4) is 0 Å². The average Bonchev–Trinajstić information content (AvgIpc) is 3.44. The van der Waals surface area contributed by atoms with E-state index in [1.807, 2.05) is 22.9 Å². The van der Waals surface area contributed by atoms with E-state index in [2.05, 4.69) is 32.2 Å². The maximum absolute atomic E-state index is 12.6. The molecule has 2 aliphatic heterocycles. The van der Waals surface area contributed by atoms with Crippen LogP contribution >= 0.6 is 0 Å². The van der Waals surface area contributed by atoms with Gasteiger partial charge >= 0.3 is 0 Å². The van der Waals surface area contributed by atoms with Crippen molar-refractivity contribution >= 4 is 5.91 Å². The summed E-state index contributed by atoms with van der Waals surface area (Å²) in [6, 6.07) is 10.3. The first kappa shape index (κ1) is 19.7. The van der Waals surface area contributed by atoms with Gasteiger partial charge in [-0.2, -0.15) is 0 Å². The highest BCUT2D eigenvalue weighted by Gasteiger charge is 2.28. The minimum atomic E-state index is 0.0303. The van der Waals surface area contributed by atoms with Gasteiger partial charge in [-0.15, -0.1) is 5.10 Å². The third-order valence-corrected chi connectivity index (χ3v) is 6.89. The zero-order valence-corrected chi connectivity index (χ0v) is 17.6. The molecule has 1 aromatic heterocycles. The number of hydrogen-bond acceptors (Lipinski definition) is 5. The molecule has 1 saturated carbocycles. The molecule has 2 aromatic rings. The Morgan fingerprint density at radius 1 is 1.07 bits per heavy atom. The van der Waals surface area contributed by atoms with E-state index >= 15 is 0 Å². The Morgan fingerprint density at radius 3 is 2.60 bits per heavy atom. The molecular formula is C23H31N5O2. The van der Waals surface area contributed by atoms with Crippen molar-refractivity contribution in [2.24, 2.45) is 5.92 Å². The lowest BCUT2D eigenvalue weighted by Gasteiger charge is -2.35. The molecule has 7 nitrogen and oxygen atoms in total. The Hall–Kier alpha value is -2.25. The molecule has 5 rings (SSSR count). The van der Waals surface area contributed by atoms with E-state index in [4.69, 9.17) is 4.74 Å². The summed E-state index contributed by atoms with van der Waals surface area (Å²) in [5, 5.41) is 8.85. The highest BCUT2D eigenvalue weighted by Crippen LogP contribution is 2.29. The molecule has 0 N–H and O–H groups in total. The first-order chi connectivity index (χ1) is 14.8. The maximum atomic E-state index is 12.6. The van der Waals surface area contributed by atoms with Crippen LogP contribution in [0.2, 0.25) is 0 Å². The van der Waals surface area contributed by atoms with Crippen LogP contribution in [0.15, 0.2) is 30.3 Å². The van der Waals surface area contributed by atoms with Gasteiger partial charge in [0.1, 0.15) is 11.8 Å². The van der Waals surface area contributed by atoms with Crippen LogP contribution in [-0.2, 0) is 29.2 Å². The minimum absolute atomic E-state index is 0.0303. The van der Waals surface area contributed by atoms with Crippen molar-refractivity contribution in [2.45, 2.75) is 57.9 Å². The molecule has 7 heteroatoms. The predicted octanol–water partition coefficient (Wildman–Crippen LogP) is 2.77. The van der Waals surface area contributed by atoms with Gasteiger partial charge in [-0.3, -0.25) is 9.69 Å². The molecule has 1 atom stereocenters. The number of ether oxygens (including phenoxy) is 1. The standard InChI is InChI=1S/C23H31N5O2/c29-23(14-18-6-4-5-7-18)27-12-10-26(11-13-27)15-20-21-17-30-22(16-28(21)25-24-20)19-8-2-1-3-9-19/h1-3,8-9,18,22H,4-7,10-17H2/t22-/m0/s1. The fourth-order valence-electron chi connectivity index (χ4n) is 5.01. The number of aromatic nitrogens is 3. The summed E-state index contributed by atoms with van der Waals surface area (Å²) in [4.78, 5) is 17.0. The van der Waals surface area contributed by atoms with Gasteiger partial charge in [0.25, 0.3) is 0 Å². The van der Waals surface area contributed by atoms with Crippen molar-refractivity contribution < 1.29 is 9.53 Å². The zero-order valence-electron chi connectivity index (χ0n) is 17.6. The van der Waals surface area contributed by atoms with Crippen molar-refractivity contribution in [3.05, 3.63) is 47.3 Å². The summed E-state index contributed by atoms with van der Waals surface area (Å²) in [6.07, 6.45) is 5.84. The van der Waals surface area contributed by atoms with Crippen LogP contribution < -0.4 is 0 Å². The van der Waals surface area contributed by atoms with Crippen LogP contribution in [0.3, 0.4) is 0 Å². The number of piperazine rings is 1. The molecule has 1 saturated heterocycles. The van der Waals surface area contributed by atoms with Gasteiger partial charge in [-0.25, -0.2) is 4.68 Å². The Bertz CT molecular complexity index is 854. The molecule has 3 aliphatic rings. The number of rotatable bonds is 5.